The number of guanidine groups is 1. The highest BCUT2D eigenvalue weighted by atomic mass is 19.4. The highest BCUT2D eigenvalue weighted by Gasteiger charge is 2.41. The molecular weight excluding hydrogens is 414 g/mol. The van der Waals surface area contributed by atoms with Gasteiger partial charge in [0.15, 0.2) is 5.96 Å². The minimum atomic E-state index is -4.37. The Morgan fingerprint density at radius 3 is 2.30 bits per heavy atom. The van der Waals surface area contributed by atoms with E-state index in [2.05, 4.69) is 15.0 Å². The Morgan fingerprint density at radius 2 is 1.73 bits per heavy atom. The molecule has 0 radical (unpaired) electrons. The van der Waals surface area contributed by atoms with Crippen LogP contribution in [0, 0.1) is 0 Å². The number of hydrogen-bond acceptors (Lipinski definition) is 3. The number of aliphatic imine (C=N–C) groups is 1. The predicted molar refractivity (Wildman–Crippen MR) is 101 cm³/mol. The van der Waals surface area contributed by atoms with Crippen LogP contribution in [0.15, 0.2) is 29.3 Å². The number of rotatable bonds is 6. The molecule has 1 aliphatic rings. The zero-order valence-corrected chi connectivity index (χ0v) is 16.9. The third-order valence-electron chi connectivity index (χ3n) is 4.82. The molecule has 0 aromatic heterocycles. The molecule has 1 aromatic carbocycles. The lowest BCUT2D eigenvalue weighted by Gasteiger charge is -2.39. The van der Waals surface area contributed by atoms with Crippen molar-refractivity contribution in [1.29, 1.82) is 0 Å². The van der Waals surface area contributed by atoms with Gasteiger partial charge in [0, 0.05) is 39.8 Å². The zero-order valence-electron chi connectivity index (χ0n) is 16.9. The highest BCUT2D eigenvalue weighted by Crippen LogP contribution is 2.25. The number of halogens is 6. The molecule has 1 N–H and O–H groups in total. The minimum Gasteiger partial charge on any atom is -0.367 e. The lowest BCUT2D eigenvalue weighted by molar-refractivity contribution is -0.181. The maximum atomic E-state index is 12.9. The molecule has 0 amide bonds. The molecule has 1 aliphatic heterocycles. The fraction of sp³-hybridized carbons (Fsp3) is 0.632. The Kier molecular flexibility index (Phi) is 8.36. The molecule has 30 heavy (non-hydrogen) atoms. The van der Waals surface area contributed by atoms with Crippen LogP contribution in [-0.4, -0.2) is 74.0 Å². The summed E-state index contributed by atoms with van der Waals surface area (Å²) < 4.78 is 79.8. The summed E-state index contributed by atoms with van der Waals surface area (Å²) in [7, 11) is 1.59. The molecule has 0 aliphatic carbocycles. The SMILES string of the molecule is CN=C(NCc1cccc(COCC(F)(F)F)c1)N1CCN(C(C)C(F)(F)F)CC1. The van der Waals surface area contributed by atoms with Crippen molar-refractivity contribution in [3.63, 3.8) is 0 Å². The summed E-state index contributed by atoms with van der Waals surface area (Å²) >= 11 is 0. The van der Waals surface area contributed by atoms with Crippen LogP contribution in [0.5, 0.6) is 0 Å². The molecule has 1 atom stereocenters. The van der Waals surface area contributed by atoms with Gasteiger partial charge in [-0.2, -0.15) is 26.3 Å². The van der Waals surface area contributed by atoms with Crippen LogP contribution < -0.4 is 5.32 Å². The molecule has 1 fully saturated rings. The number of ether oxygens (including phenoxy) is 1. The Morgan fingerprint density at radius 1 is 1.10 bits per heavy atom. The highest BCUT2D eigenvalue weighted by molar-refractivity contribution is 5.80. The first-order chi connectivity index (χ1) is 14.0. The molecule has 2 rings (SSSR count). The van der Waals surface area contributed by atoms with Crippen LogP contribution in [0.2, 0.25) is 0 Å². The van der Waals surface area contributed by atoms with Crippen molar-refractivity contribution in [2.45, 2.75) is 38.5 Å². The molecule has 1 heterocycles. The van der Waals surface area contributed by atoms with Crippen molar-refractivity contribution in [2.24, 2.45) is 4.99 Å². The van der Waals surface area contributed by atoms with E-state index in [-0.39, 0.29) is 19.7 Å². The van der Waals surface area contributed by atoms with Crippen molar-refractivity contribution in [3.05, 3.63) is 35.4 Å². The number of nitrogens with zero attached hydrogens (tertiary/aromatic N) is 3. The molecule has 170 valence electrons. The van der Waals surface area contributed by atoms with Gasteiger partial charge in [0.2, 0.25) is 0 Å². The molecule has 1 aromatic rings. The average Bonchev–Trinajstić information content (AvgIpc) is 2.67. The minimum absolute atomic E-state index is 0.151. The van der Waals surface area contributed by atoms with Crippen molar-refractivity contribution in [2.75, 3.05) is 39.8 Å². The second kappa shape index (κ2) is 10.3. The van der Waals surface area contributed by atoms with E-state index < -0.39 is 25.0 Å². The third kappa shape index (κ3) is 7.67. The van der Waals surface area contributed by atoms with Gasteiger partial charge in [-0.1, -0.05) is 24.3 Å². The topological polar surface area (TPSA) is 40.1 Å². The van der Waals surface area contributed by atoms with Gasteiger partial charge in [-0.25, -0.2) is 0 Å². The third-order valence-corrected chi connectivity index (χ3v) is 4.82. The predicted octanol–water partition coefficient (Wildman–Crippen LogP) is 3.41. The summed E-state index contributed by atoms with van der Waals surface area (Å²) in [4.78, 5) is 7.47. The van der Waals surface area contributed by atoms with E-state index in [1.54, 1.807) is 25.2 Å². The normalized spacial score (nSPS) is 17.9. The number of hydrogen-bond donors (Lipinski definition) is 1. The largest absolute Gasteiger partial charge is 0.411 e. The molecule has 5 nitrogen and oxygen atoms in total. The molecule has 0 saturated carbocycles. The fourth-order valence-electron chi connectivity index (χ4n) is 3.16. The monoisotopic (exact) mass is 440 g/mol. The van der Waals surface area contributed by atoms with Crippen LogP contribution in [0.1, 0.15) is 18.1 Å². The standard InChI is InChI=1S/C19H26F6N4O/c1-14(19(23,24)25)28-6-8-29(9-7-28)17(26-2)27-11-15-4-3-5-16(10-15)12-30-13-18(20,21)22/h3-5,10,14H,6-9,11-13H2,1-2H3,(H,26,27). The summed E-state index contributed by atoms with van der Waals surface area (Å²) in [6.07, 6.45) is -8.62. The van der Waals surface area contributed by atoms with Gasteiger partial charge >= 0.3 is 12.4 Å². The number of piperazine rings is 1. The summed E-state index contributed by atoms with van der Waals surface area (Å²) in [5.41, 5.74) is 1.44. The molecule has 0 bridgehead atoms. The number of benzene rings is 1. The van der Waals surface area contributed by atoms with Crippen LogP contribution in [0.25, 0.3) is 0 Å². The summed E-state index contributed by atoms with van der Waals surface area (Å²) in [6.45, 7) is 1.44. The molecule has 1 saturated heterocycles. The van der Waals surface area contributed by atoms with Crippen LogP contribution >= 0.6 is 0 Å². The summed E-state index contributed by atoms with van der Waals surface area (Å²) in [6, 6.07) is 5.46. The van der Waals surface area contributed by atoms with Gasteiger partial charge in [0.25, 0.3) is 0 Å². The van der Waals surface area contributed by atoms with Crippen LogP contribution in [0.3, 0.4) is 0 Å². The maximum absolute atomic E-state index is 12.9. The van der Waals surface area contributed by atoms with Crippen LogP contribution in [0.4, 0.5) is 26.3 Å². The van der Waals surface area contributed by atoms with Crippen molar-refractivity contribution in [1.82, 2.24) is 15.1 Å². The smallest absolute Gasteiger partial charge is 0.367 e. The zero-order chi connectivity index (χ0) is 22.4. The number of nitrogens with one attached hydrogen (secondary N) is 1. The Labute approximate surface area is 171 Å². The molecular formula is C19H26F6N4O. The van der Waals surface area contributed by atoms with E-state index >= 15 is 0 Å². The quantitative estimate of drug-likeness (QED) is 0.418. The van der Waals surface area contributed by atoms with Crippen LogP contribution in [-0.2, 0) is 17.9 Å². The Hall–Kier alpha value is -2.01. The van der Waals surface area contributed by atoms with E-state index in [1.807, 2.05) is 11.0 Å². The van der Waals surface area contributed by atoms with Gasteiger partial charge in [0.05, 0.1) is 6.61 Å². The summed E-state index contributed by atoms with van der Waals surface area (Å²) in [5.74, 6) is 0.563. The van der Waals surface area contributed by atoms with Crippen molar-refractivity contribution >= 4 is 5.96 Å². The van der Waals surface area contributed by atoms with Crippen molar-refractivity contribution in [3.8, 4) is 0 Å². The van der Waals surface area contributed by atoms with Gasteiger partial charge in [0.1, 0.15) is 12.6 Å². The molecule has 1 unspecified atom stereocenters. The first kappa shape index (κ1) is 24.3. The average molecular weight is 440 g/mol. The molecule has 0 spiro atoms. The molecule has 11 heteroatoms. The van der Waals surface area contributed by atoms with E-state index in [1.165, 1.54) is 4.90 Å². The number of alkyl halides is 6. The second-order valence-corrected chi connectivity index (χ2v) is 7.07. The van der Waals surface area contributed by atoms with Crippen molar-refractivity contribution < 1.29 is 31.1 Å². The van der Waals surface area contributed by atoms with Gasteiger partial charge in [-0.05, 0) is 18.1 Å². The van der Waals surface area contributed by atoms with E-state index in [0.717, 1.165) is 12.5 Å². The summed E-state index contributed by atoms with van der Waals surface area (Å²) in [5, 5.41) is 3.15. The fourth-order valence-corrected chi connectivity index (χ4v) is 3.16. The maximum Gasteiger partial charge on any atom is 0.411 e. The van der Waals surface area contributed by atoms with Gasteiger partial charge in [-0.3, -0.25) is 9.89 Å². The van der Waals surface area contributed by atoms with E-state index in [0.29, 0.717) is 31.2 Å². The lowest BCUT2D eigenvalue weighted by atomic mass is 10.1. The van der Waals surface area contributed by atoms with Gasteiger partial charge < -0.3 is 15.0 Å². The van der Waals surface area contributed by atoms with E-state index in [9.17, 15) is 26.3 Å². The first-order valence-corrected chi connectivity index (χ1v) is 9.48. The Bertz CT molecular complexity index is 699. The van der Waals surface area contributed by atoms with E-state index in [4.69, 9.17) is 0 Å². The lowest BCUT2D eigenvalue weighted by Crippen LogP contribution is -2.56. The first-order valence-electron chi connectivity index (χ1n) is 9.48. The van der Waals surface area contributed by atoms with Gasteiger partial charge in [-0.15, -0.1) is 0 Å². The Balaban J connectivity index is 1.84. The second-order valence-electron chi connectivity index (χ2n) is 7.07.